The van der Waals surface area contributed by atoms with E-state index >= 15 is 0 Å². The molecule has 0 spiro atoms. The third kappa shape index (κ3) is 3.84. The summed E-state index contributed by atoms with van der Waals surface area (Å²) < 4.78 is 0. The molecule has 1 aliphatic carbocycles. The molecule has 3 heteroatoms. The van der Waals surface area contributed by atoms with Crippen LogP contribution in [0.15, 0.2) is 17.3 Å². The molecule has 0 amide bonds. The van der Waals surface area contributed by atoms with E-state index in [1.165, 1.54) is 25.7 Å². The first-order valence-corrected chi connectivity index (χ1v) is 5.45. The number of azide groups is 1. The summed E-state index contributed by atoms with van der Waals surface area (Å²) in [6, 6.07) is 0. The topological polar surface area (TPSA) is 48.8 Å². The summed E-state index contributed by atoms with van der Waals surface area (Å²) >= 11 is 0. The summed E-state index contributed by atoms with van der Waals surface area (Å²) in [5.74, 6) is 0. The molecule has 1 fully saturated rings. The lowest BCUT2D eigenvalue weighted by Crippen LogP contribution is -2.05. The first-order chi connectivity index (χ1) is 6.77. The fourth-order valence-corrected chi connectivity index (χ4v) is 2.04. The van der Waals surface area contributed by atoms with Gasteiger partial charge in [-0.05, 0) is 36.6 Å². The van der Waals surface area contributed by atoms with E-state index in [0.29, 0.717) is 12.0 Å². The Labute approximate surface area is 85.8 Å². The molecule has 0 heterocycles. The lowest BCUT2D eigenvalue weighted by atomic mass is 9.88. The van der Waals surface area contributed by atoms with Crippen LogP contribution in [0.5, 0.6) is 0 Å². The predicted molar refractivity (Wildman–Crippen MR) is 59.0 cm³/mol. The molecule has 0 aromatic rings. The summed E-state index contributed by atoms with van der Waals surface area (Å²) in [4.78, 5) is 2.73. The smallest absolute Gasteiger partial charge is 0.0260 e. The number of nitrogens with zero attached hydrogens (tertiary/aromatic N) is 3. The summed E-state index contributed by atoms with van der Waals surface area (Å²) in [7, 11) is 0. The average molecular weight is 193 g/mol. The van der Waals surface area contributed by atoms with Crippen LogP contribution in [0.2, 0.25) is 0 Å². The molecule has 1 rings (SSSR count). The van der Waals surface area contributed by atoms with E-state index in [2.05, 4.69) is 29.1 Å². The number of hydrogen-bond acceptors (Lipinski definition) is 1. The number of rotatable bonds is 5. The maximum atomic E-state index is 8.08. The molecule has 0 aliphatic heterocycles. The standard InChI is InChI=1S/C11H19N3/c1-11(8-4-5-9-11)7-3-2-6-10-13-14-12/h3,7H,2,4-6,8-10H2,1H3. The summed E-state index contributed by atoms with van der Waals surface area (Å²) in [6.45, 7) is 2.96. The molecule has 0 N–H and O–H groups in total. The molecule has 3 nitrogen and oxygen atoms in total. The molecule has 0 radical (unpaired) electrons. The van der Waals surface area contributed by atoms with Crippen molar-refractivity contribution in [3.05, 3.63) is 22.6 Å². The van der Waals surface area contributed by atoms with Crippen LogP contribution in [0.4, 0.5) is 0 Å². The van der Waals surface area contributed by atoms with Crippen LogP contribution < -0.4 is 0 Å². The van der Waals surface area contributed by atoms with Gasteiger partial charge in [0.1, 0.15) is 0 Å². The van der Waals surface area contributed by atoms with E-state index < -0.39 is 0 Å². The zero-order chi connectivity index (χ0) is 10.3. The summed E-state index contributed by atoms with van der Waals surface area (Å²) in [6.07, 6.45) is 12.0. The Kier molecular flexibility index (Phi) is 4.54. The molecule has 78 valence electrons. The monoisotopic (exact) mass is 193 g/mol. The highest BCUT2D eigenvalue weighted by atomic mass is 15.1. The van der Waals surface area contributed by atoms with Crippen LogP contribution in [0.1, 0.15) is 45.4 Å². The zero-order valence-electron chi connectivity index (χ0n) is 8.95. The van der Waals surface area contributed by atoms with Gasteiger partial charge in [-0.25, -0.2) is 0 Å². The fourth-order valence-electron chi connectivity index (χ4n) is 2.04. The molecule has 14 heavy (non-hydrogen) atoms. The van der Waals surface area contributed by atoms with Crippen molar-refractivity contribution in [1.82, 2.24) is 0 Å². The van der Waals surface area contributed by atoms with Gasteiger partial charge < -0.3 is 0 Å². The summed E-state index contributed by atoms with van der Waals surface area (Å²) in [5.41, 5.74) is 8.53. The van der Waals surface area contributed by atoms with Crippen molar-refractivity contribution in [1.29, 1.82) is 0 Å². The molecule has 0 unspecified atom stereocenters. The van der Waals surface area contributed by atoms with Crippen molar-refractivity contribution in [3.63, 3.8) is 0 Å². The highest BCUT2D eigenvalue weighted by Crippen LogP contribution is 2.38. The van der Waals surface area contributed by atoms with Gasteiger partial charge in [0, 0.05) is 11.5 Å². The van der Waals surface area contributed by atoms with Crippen molar-refractivity contribution >= 4 is 0 Å². The van der Waals surface area contributed by atoms with Crippen LogP contribution in [0.25, 0.3) is 10.4 Å². The predicted octanol–water partition coefficient (Wildman–Crippen LogP) is 4.21. The minimum Gasteiger partial charge on any atom is -0.0940 e. The van der Waals surface area contributed by atoms with Gasteiger partial charge >= 0.3 is 0 Å². The quantitative estimate of drug-likeness (QED) is 0.206. The molecule has 0 bridgehead atoms. The lowest BCUT2D eigenvalue weighted by molar-refractivity contribution is 0.445. The van der Waals surface area contributed by atoms with Crippen LogP contribution >= 0.6 is 0 Å². The second-order valence-corrected chi connectivity index (χ2v) is 4.36. The van der Waals surface area contributed by atoms with Gasteiger partial charge in [0.25, 0.3) is 0 Å². The van der Waals surface area contributed by atoms with E-state index in [-0.39, 0.29) is 0 Å². The SMILES string of the molecule is CC1(C=CCCCN=[N+]=[N-])CCCC1. The van der Waals surface area contributed by atoms with Crippen molar-refractivity contribution in [3.8, 4) is 0 Å². The Morgan fingerprint density at radius 2 is 2.14 bits per heavy atom. The molecule has 0 aromatic carbocycles. The highest BCUT2D eigenvalue weighted by Gasteiger charge is 2.24. The van der Waals surface area contributed by atoms with E-state index in [9.17, 15) is 0 Å². The normalized spacial score (nSPS) is 19.8. The van der Waals surface area contributed by atoms with Crippen LogP contribution in [0, 0.1) is 5.41 Å². The first kappa shape index (κ1) is 11.1. The van der Waals surface area contributed by atoms with Gasteiger partial charge in [-0.1, -0.05) is 37.0 Å². The summed E-state index contributed by atoms with van der Waals surface area (Å²) in [5, 5.41) is 3.51. The highest BCUT2D eigenvalue weighted by molar-refractivity contribution is 4.99. The second-order valence-electron chi connectivity index (χ2n) is 4.36. The Morgan fingerprint density at radius 3 is 2.79 bits per heavy atom. The van der Waals surface area contributed by atoms with Crippen LogP contribution in [-0.2, 0) is 0 Å². The van der Waals surface area contributed by atoms with Gasteiger partial charge in [0.05, 0.1) is 0 Å². The molecule has 0 saturated heterocycles. The van der Waals surface area contributed by atoms with Gasteiger partial charge in [-0.3, -0.25) is 0 Å². The van der Waals surface area contributed by atoms with Crippen molar-refractivity contribution in [2.75, 3.05) is 6.54 Å². The van der Waals surface area contributed by atoms with Crippen molar-refractivity contribution < 1.29 is 0 Å². The second kappa shape index (κ2) is 5.71. The largest absolute Gasteiger partial charge is 0.0940 e. The zero-order valence-corrected chi connectivity index (χ0v) is 8.95. The maximum Gasteiger partial charge on any atom is 0.0260 e. The number of hydrogen-bond donors (Lipinski definition) is 0. The van der Waals surface area contributed by atoms with Gasteiger partial charge in [0.2, 0.25) is 0 Å². The van der Waals surface area contributed by atoms with E-state index in [1.807, 2.05) is 0 Å². The molecule has 0 atom stereocenters. The van der Waals surface area contributed by atoms with Crippen molar-refractivity contribution in [2.24, 2.45) is 10.5 Å². The van der Waals surface area contributed by atoms with Crippen LogP contribution in [0.3, 0.4) is 0 Å². The Hall–Kier alpha value is -0.950. The molecular formula is C11H19N3. The molecule has 1 saturated carbocycles. The lowest BCUT2D eigenvalue weighted by Gasteiger charge is -2.17. The number of unbranched alkanes of at least 4 members (excludes halogenated alkanes) is 1. The minimum atomic E-state index is 0.457. The Morgan fingerprint density at radius 1 is 1.43 bits per heavy atom. The molecular weight excluding hydrogens is 174 g/mol. The van der Waals surface area contributed by atoms with Gasteiger partial charge in [-0.2, -0.15) is 0 Å². The van der Waals surface area contributed by atoms with Gasteiger partial charge in [0.15, 0.2) is 0 Å². The number of allylic oxidation sites excluding steroid dienone is 2. The third-order valence-electron chi connectivity index (χ3n) is 2.96. The molecule has 1 aliphatic rings. The van der Waals surface area contributed by atoms with Crippen molar-refractivity contribution in [2.45, 2.75) is 45.4 Å². The Balaban J connectivity index is 2.16. The van der Waals surface area contributed by atoms with Crippen LogP contribution in [-0.4, -0.2) is 6.54 Å². The van der Waals surface area contributed by atoms with E-state index in [4.69, 9.17) is 5.53 Å². The fraction of sp³-hybridized carbons (Fsp3) is 0.818. The van der Waals surface area contributed by atoms with E-state index in [0.717, 1.165) is 12.8 Å². The van der Waals surface area contributed by atoms with E-state index in [1.54, 1.807) is 0 Å². The average Bonchev–Trinajstić information content (AvgIpc) is 2.59. The minimum absolute atomic E-state index is 0.457. The van der Waals surface area contributed by atoms with Gasteiger partial charge in [-0.15, -0.1) is 0 Å². The molecule has 0 aromatic heterocycles. The Bertz CT molecular complexity index is 233. The third-order valence-corrected chi connectivity index (χ3v) is 2.96. The first-order valence-electron chi connectivity index (χ1n) is 5.45. The maximum absolute atomic E-state index is 8.08.